The van der Waals surface area contributed by atoms with Crippen molar-refractivity contribution in [3.8, 4) is 16.8 Å². The fourth-order valence-electron chi connectivity index (χ4n) is 9.45. The molecule has 1 unspecified atom stereocenters. The normalized spacial score (nSPS) is 20.3. The Morgan fingerprint density at radius 2 is 1.36 bits per heavy atom. The Balaban J connectivity index is 1.38. The molecule has 0 saturated heterocycles. The summed E-state index contributed by atoms with van der Waals surface area (Å²) in [6, 6.07) is 39.8. The van der Waals surface area contributed by atoms with Crippen LogP contribution in [0.5, 0.6) is 0 Å². The Hall–Kier alpha value is -4.88. The fourth-order valence-corrected chi connectivity index (χ4v) is 9.45. The number of rotatable bonds is 1. The molecular weight excluding hydrogens is 542 g/mol. The summed E-state index contributed by atoms with van der Waals surface area (Å²) in [5, 5.41) is 2.66. The molecule has 10 rings (SSSR count). The highest BCUT2D eigenvalue weighted by Gasteiger charge is 2.53. The lowest BCUT2D eigenvalue weighted by Gasteiger charge is -2.51. The van der Waals surface area contributed by atoms with E-state index in [2.05, 4.69) is 146 Å². The molecule has 1 atom stereocenters. The van der Waals surface area contributed by atoms with Crippen LogP contribution >= 0.6 is 0 Å². The van der Waals surface area contributed by atoms with Crippen molar-refractivity contribution in [2.75, 3.05) is 0 Å². The van der Waals surface area contributed by atoms with Gasteiger partial charge < -0.3 is 4.57 Å². The van der Waals surface area contributed by atoms with Gasteiger partial charge in [0.1, 0.15) is 0 Å². The van der Waals surface area contributed by atoms with Crippen molar-refractivity contribution in [2.24, 2.45) is 0 Å². The van der Waals surface area contributed by atoms with Crippen LogP contribution in [0.3, 0.4) is 0 Å². The van der Waals surface area contributed by atoms with Gasteiger partial charge in [0.05, 0.1) is 22.1 Å². The smallest absolute Gasteiger partial charge is 0.0745 e. The average Bonchev–Trinajstić information content (AvgIpc) is 3.43. The molecule has 0 bridgehead atoms. The first-order valence-electron chi connectivity index (χ1n) is 16.6. The minimum Gasteiger partial charge on any atom is -0.309 e. The lowest BCUT2D eigenvalue weighted by molar-refractivity contribution is 0.519. The van der Waals surface area contributed by atoms with Gasteiger partial charge in [0.2, 0.25) is 0 Å². The number of hydrogen-bond donors (Lipinski definition) is 0. The summed E-state index contributed by atoms with van der Waals surface area (Å²) in [5.74, 6) is 0. The summed E-state index contributed by atoms with van der Waals surface area (Å²) in [6.07, 6.45) is 13.9. The summed E-state index contributed by atoms with van der Waals surface area (Å²) in [6.45, 7) is 4.93. The second-order valence-corrected chi connectivity index (χ2v) is 13.9. The molecule has 3 aliphatic carbocycles. The number of para-hydroxylation sites is 3. The summed E-state index contributed by atoms with van der Waals surface area (Å²) in [5.41, 5.74) is 17.6. The van der Waals surface area contributed by atoms with Crippen LogP contribution in [-0.2, 0) is 17.3 Å². The van der Waals surface area contributed by atoms with E-state index in [9.17, 15) is 0 Å². The minimum atomic E-state index is -0.412. The molecule has 1 heteroatoms. The van der Waals surface area contributed by atoms with Crippen LogP contribution in [0.4, 0.5) is 0 Å². The van der Waals surface area contributed by atoms with E-state index in [0.29, 0.717) is 0 Å². The largest absolute Gasteiger partial charge is 0.309 e. The molecule has 5 aromatic carbocycles. The standard InChI is InChI=1S/C44H35N/c1-43(2)34-16-6-7-17-36(34)44(39-27-31(24-25-35(39)43)30-23-22-28-12-3-4-13-29(28)26-30)37-18-8-10-21-41(37)45-40-20-9-5-14-32(40)33-15-11-19-38(44)42(33)45/h3,5,7-12,14-15,17-27H,4,6,13,16H2,1-2H3. The van der Waals surface area contributed by atoms with Gasteiger partial charge in [-0.15, -0.1) is 0 Å². The summed E-state index contributed by atoms with van der Waals surface area (Å²) < 4.78 is 2.55. The number of fused-ring (bicyclic) bond motifs is 11. The maximum Gasteiger partial charge on any atom is 0.0745 e. The summed E-state index contributed by atoms with van der Waals surface area (Å²) >= 11 is 0. The van der Waals surface area contributed by atoms with Gasteiger partial charge in [-0.25, -0.2) is 0 Å². The molecule has 0 fully saturated rings. The predicted octanol–water partition coefficient (Wildman–Crippen LogP) is 11.0. The number of hydrogen-bond acceptors (Lipinski definition) is 0. The van der Waals surface area contributed by atoms with Crippen LogP contribution in [0, 0.1) is 0 Å². The number of aromatic nitrogens is 1. The van der Waals surface area contributed by atoms with E-state index in [1.54, 1.807) is 5.57 Å². The van der Waals surface area contributed by atoms with Crippen molar-refractivity contribution in [3.63, 3.8) is 0 Å². The van der Waals surface area contributed by atoms with Crippen molar-refractivity contribution >= 4 is 27.9 Å². The molecule has 1 nitrogen and oxygen atoms in total. The maximum absolute atomic E-state index is 2.57. The maximum atomic E-state index is 2.57. The van der Waals surface area contributed by atoms with Crippen molar-refractivity contribution < 1.29 is 0 Å². The third-order valence-electron chi connectivity index (χ3n) is 11.4. The van der Waals surface area contributed by atoms with E-state index >= 15 is 0 Å². The van der Waals surface area contributed by atoms with Gasteiger partial charge in [0.15, 0.2) is 0 Å². The minimum absolute atomic E-state index is 0.0627. The number of nitrogens with zero attached hydrogens (tertiary/aromatic N) is 1. The molecule has 1 spiro atoms. The molecule has 0 N–H and O–H groups in total. The zero-order chi connectivity index (χ0) is 29.9. The van der Waals surface area contributed by atoms with Gasteiger partial charge in [-0.2, -0.15) is 0 Å². The molecule has 45 heavy (non-hydrogen) atoms. The zero-order valence-corrected chi connectivity index (χ0v) is 25.9. The van der Waals surface area contributed by atoms with Crippen molar-refractivity contribution in [1.29, 1.82) is 0 Å². The van der Waals surface area contributed by atoms with Gasteiger partial charge in [-0.3, -0.25) is 0 Å². The molecule has 6 aromatic rings. The summed E-state index contributed by atoms with van der Waals surface area (Å²) in [7, 11) is 0. The lowest BCUT2D eigenvalue weighted by atomic mass is 9.52. The Labute approximate surface area is 264 Å². The monoisotopic (exact) mass is 577 g/mol. The first kappa shape index (κ1) is 25.4. The van der Waals surface area contributed by atoms with Gasteiger partial charge in [-0.1, -0.05) is 129 Å². The third kappa shape index (κ3) is 3.14. The Morgan fingerprint density at radius 3 is 2.31 bits per heavy atom. The van der Waals surface area contributed by atoms with Crippen molar-refractivity contribution in [1.82, 2.24) is 4.57 Å². The van der Waals surface area contributed by atoms with Gasteiger partial charge in [-0.05, 0) is 94.0 Å². The highest BCUT2D eigenvalue weighted by molar-refractivity contribution is 6.12. The quantitative estimate of drug-likeness (QED) is 0.183. The summed E-state index contributed by atoms with van der Waals surface area (Å²) in [4.78, 5) is 0. The predicted molar refractivity (Wildman–Crippen MR) is 188 cm³/mol. The second kappa shape index (κ2) is 8.86. The zero-order valence-electron chi connectivity index (χ0n) is 25.9. The molecule has 2 heterocycles. The van der Waals surface area contributed by atoms with E-state index in [1.165, 1.54) is 77.6 Å². The van der Waals surface area contributed by atoms with Crippen LogP contribution < -0.4 is 0 Å². The molecule has 1 aromatic heterocycles. The topological polar surface area (TPSA) is 4.93 Å². The number of aryl methyl sites for hydroxylation is 1. The molecule has 4 aliphatic rings. The first-order valence-corrected chi connectivity index (χ1v) is 16.6. The molecular formula is C44H35N. The molecule has 0 saturated carbocycles. The van der Waals surface area contributed by atoms with Crippen LogP contribution in [0.15, 0.2) is 133 Å². The highest BCUT2D eigenvalue weighted by atomic mass is 15.0. The Morgan fingerprint density at radius 1 is 0.600 bits per heavy atom. The Kier molecular flexibility index (Phi) is 5.01. The second-order valence-electron chi connectivity index (χ2n) is 13.9. The van der Waals surface area contributed by atoms with E-state index in [1.807, 2.05) is 0 Å². The van der Waals surface area contributed by atoms with E-state index in [0.717, 1.165) is 25.7 Å². The van der Waals surface area contributed by atoms with E-state index in [-0.39, 0.29) is 5.41 Å². The molecule has 1 aliphatic heterocycles. The van der Waals surface area contributed by atoms with Crippen molar-refractivity contribution in [2.45, 2.75) is 50.4 Å². The van der Waals surface area contributed by atoms with Gasteiger partial charge in [0, 0.05) is 16.2 Å². The van der Waals surface area contributed by atoms with Gasteiger partial charge >= 0.3 is 0 Å². The number of allylic oxidation sites excluding steroid dienone is 5. The van der Waals surface area contributed by atoms with Crippen molar-refractivity contribution in [3.05, 3.63) is 166 Å². The van der Waals surface area contributed by atoms with Crippen LogP contribution in [0.25, 0.3) is 44.7 Å². The average molecular weight is 578 g/mol. The van der Waals surface area contributed by atoms with E-state index in [4.69, 9.17) is 0 Å². The SMILES string of the molecule is CC1(C)C2=C(C=CCC2)C2(c3ccccc3-n3c4ccccc4c4cccc2c43)c2cc(-c3ccc4c(c3)CCC=C4)ccc21. The van der Waals surface area contributed by atoms with Crippen LogP contribution in [-0.4, -0.2) is 4.57 Å². The van der Waals surface area contributed by atoms with Gasteiger partial charge in [0.25, 0.3) is 0 Å². The molecule has 0 radical (unpaired) electrons. The highest BCUT2D eigenvalue weighted by Crippen LogP contribution is 2.62. The Bertz CT molecular complexity index is 2350. The lowest BCUT2D eigenvalue weighted by Crippen LogP contribution is -2.44. The third-order valence-corrected chi connectivity index (χ3v) is 11.4. The fraction of sp³-hybridized carbons (Fsp3) is 0.182. The molecule has 0 amide bonds. The van der Waals surface area contributed by atoms with Crippen LogP contribution in [0.2, 0.25) is 0 Å². The van der Waals surface area contributed by atoms with Crippen LogP contribution in [0.1, 0.15) is 66.5 Å². The molecule has 216 valence electrons. The number of benzene rings is 5. The van der Waals surface area contributed by atoms with E-state index < -0.39 is 5.41 Å². The first-order chi connectivity index (χ1) is 22.1.